The molecule has 86 valence electrons. The predicted molar refractivity (Wildman–Crippen MR) is 68.1 cm³/mol. The minimum atomic E-state index is -1.59. The number of carbonyl (C=O) groups is 2. The largest absolute Gasteiger partial charge is 0.273 e. The molecule has 2 amide bonds. The molecular weight excluding hydrogens is 230 g/mol. The van der Waals surface area contributed by atoms with Gasteiger partial charge >= 0.3 is 0 Å². The molecule has 0 fully saturated rings. The van der Waals surface area contributed by atoms with Crippen LogP contribution in [0.15, 0.2) is 24.3 Å². The second-order valence-electron chi connectivity index (χ2n) is 4.98. The highest BCUT2D eigenvalue weighted by molar-refractivity contribution is 6.83. The van der Waals surface area contributed by atoms with E-state index in [1.807, 2.05) is 0 Å². The summed E-state index contributed by atoms with van der Waals surface area (Å²) in [6.07, 6.45) is 0. The summed E-state index contributed by atoms with van der Waals surface area (Å²) in [4.78, 5) is 24.9. The van der Waals surface area contributed by atoms with E-state index in [4.69, 9.17) is 0 Å². The first-order chi connectivity index (χ1) is 7.90. The highest BCUT2D eigenvalue weighted by Crippen LogP contribution is 2.21. The maximum atomic E-state index is 11.9. The Morgan fingerprint density at radius 1 is 1.00 bits per heavy atom. The monoisotopic (exact) mass is 243 g/mol. The van der Waals surface area contributed by atoms with Gasteiger partial charge in [0.25, 0.3) is 11.8 Å². The standard InChI is InChI=1S/C13H13NO2Si/c1-17(2,3)9-8-14-12(15)10-6-4-5-7-11(10)13(14)16/h4-7H,1-3H3. The molecule has 0 radical (unpaired) electrons. The Labute approximate surface area is 101 Å². The molecule has 2 rings (SSSR count). The number of amides is 2. The van der Waals surface area contributed by atoms with E-state index < -0.39 is 8.07 Å². The molecule has 1 aliphatic rings. The van der Waals surface area contributed by atoms with Crippen molar-refractivity contribution in [2.24, 2.45) is 0 Å². The average molecular weight is 243 g/mol. The summed E-state index contributed by atoms with van der Waals surface area (Å²) in [6.45, 7) is 6.20. The average Bonchev–Trinajstić information content (AvgIpc) is 2.49. The van der Waals surface area contributed by atoms with Crippen molar-refractivity contribution in [2.75, 3.05) is 0 Å². The highest BCUT2D eigenvalue weighted by Gasteiger charge is 2.34. The van der Waals surface area contributed by atoms with Gasteiger partial charge in [-0.15, -0.1) is 5.54 Å². The fraction of sp³-hybridized carbons (Fsp3) is 0.231. The maximum Gasteiger partial charge on any atom is 0.273 e. The molecule has 1 heterocycles. The van der Waals surface area contributed by atoms with Crippen molar-refractivity contribution >= 4 is 19.9 Å². The van der Waals surface area contributed by atoms with Gasteiger partial charge in [-0.3, -0.25) is 9.59 Å². The zero-order valence-corrected chi connectivity index (χ0v) is 11.1. The topological polar surface area (TPSA) is 37.4 Å². The Morgan fingerprint density at radius 3 is 1.88 bits per heavy atom. The molecule has 0 N–H and O–H groups in total. The first kappa shape index (κ1) is 11.6. The minimum Gasteiger partial charge on any atom is -0.267 e. The number of fused-ring (bicyclic) bond motifs is 1. The van der Waals surface area contributed by atoms with E-state index in [2.05, 4.69) is 31.2 Å². The third-order valence-electron chi connectivity index (χ3n) is 2.34. The maximum absolute atomic E-state index is 11.9. The Kier molecular flexibility index (Phi) is 2.64. The number of hydrogen-bond acceptors (Lipinski definition) is 2. The summed E-state index contributed by atoms with van der Waals surface area (Å²) in [5, 5.41) is 0. The fourth-order valence-electron chi connectivity index (χ4n) is 1.51. The van der Waals surface area contributed by atoms with Gasteiger partial charge in [0, 0.05) is 6.04 Å². The van der Waals surface area contributed by atoms with Crippen LogP contribution in [0.1, 0.15) is 20.7 Å². The van der Waals surface area contributed by atoms with Crippen LogP contribution in [0.4, 0.5) is 0 Å². The zero-order valence-electron chi connectivity index (χ0n) is 10.1. The summed E-state index contributed by atoms with van der Waals surface area (Å²) < 4.78 is 0. The van der Waals surface area contributed by atoms with Crippen LogP contribution >= 0.6 is 0 Å². The quantitative estimate of drug-likeness (QED) is 0.397. The van der Waals surface area contributed by atoms with Gasteiger partial charge < -0.3 is 0 Å². The highest BCUT2D eigenvalue weighted by atomic mass is 28.3. The third kappa shape index (κ3) is 2.15. The molecular formula is C13H13NO2Si. The normalized spacial score (nSPS) is 14.4. The van der Waals surface area contributed by atoms with Crippen LogP contribution in [-0.2, 0) is 0 Å². The Hall–Kier alpha value is -1.86. The van der Waals surface area contributed by atoms with Gasteiger partial charge in [-0.05, 0) is 12.1 Å². The molecule has 1 aliphatic heterocycles. The van der Waals surface area contributed by atoms with Gasteiger partial charge in [-0.1, -0.05) is 31.8 Å². The number of rotatable bonds is 0. The Balaban J connectivity index is 2.40. The van der Waals surface area contributed by atoms with Crippen LogP contribution in [0.5, 0.6) is 0 Å². The molecule has 4 heteroatoms. The smallest absolute Gasteiger partial charge is 0.267 e. The first-order valence-corrected chi connectivity index (χ1v) is 8.91. The van der Waals surface area contributed by atoms with Crippen LogP contribution in [0.3, 0.4) is 0 Å². The molecule has 0 aromatic heterocycles. The molecule has 0 bridgehead atoms. The molecule has 1 aromatic carbocycles. The summed E-state index contributed by atoms with van der Waals surface area (Å²) >= 11 is 0. The summed E-state index contributed by atoms with van der Waals surface area (Å²) in [6, 6.07) is 9.53. The lowest BCUT2D eigenvalue weighted by atomic mass is 10.1. The van der Waals surface area contributed by atoms with Crippen molar-refractivity contribution < 1.29 is 9.59 Å². The van der Waals surface area contributed by atoms with E-state index in [1.165, 1.54) is 0 Å². The number of carbonyl (C=O) groups excluding carboxylic acids is 2. The van der Waals surface area contributed by atoms with Gasteiger partial charge in [0.15, 0.2) is 0 Å². The van der Waals surface area contributed by atoms with E-state index in [-0.39, 0.29) is 11.8 Å². The Bertz CT molecular complexity index is 526. The first-order valence-electron chi connectivity index (χ1n) is 5.41. The van der Waals surface area contributed by atoms with Gasteiger partial charge in [-0.2, -0.15) is 4.90 Å². The second-order valence-corrected chi connectivity index (χ2v) is 9.73. The molecule has 17 heavy (non-hydrogen) atoms. The van der Waals surface area contributed by atoms with E-state index in [0.717, 1.165) is 4.90 Å². The molecule has 3 nitrogen and oxygen atoms in total. The van der Waals surface area contributed by atoms with Crippen molar-refractivity contribution in [3.8, 4) is 11.6 Å². The molecule has 0 spiro atoms. The number of hydrogen-bond donors (Lipinski definition) is 0. The van der Waals surface area contributed by atoms with Crippen molar-refractivity contribution in [3.05, 3.63) is 35.4 Å². The number of benzene rings is 1. The lowest BCUT2D eigenvalue weighted by Crippen LogP contribution is -2.26. The molecule has 0 saturated heterocycles. The molecule has 0 aliphatic carbocycles. The van der Waals surface area contributed by atoms with Crippen molar-refractivity contribution in [3.63, 3.8) is 0 Å². The Morgan fingerprint density at radius 2 is 1.47 bits per heavy atom. The number of imide groups is 1. The van der Waals surface area contributed by atoms with Gasteiger partial charge in [-0.25, -0.2) is 0 Å². The predicted octanol–water partition coefficient (Wildman–Crippen LogP) is 2.12. The van der Waals surface area contributed by atoms with Crippen molar-refractivity contribution in [1.29, 1.82) is 0 Å². The van der Waals surface area contributed by atoms with Crippen LogP contribution < -0.4 is 0 Å². The van der Waals surface area contributed by atoms with E-state index >= 15 is 0 Å². The SMILES string of the molecule is C[Si](C)(C)C#CN1C(=O)c2ccccc2C1=O. The van der Waals surface area contributed by atoms with E-state index in [0.29, 0.717) is 11.1 Å². The van der Waals surface area contributed by atoms with Gasteiger partial charge in [0.05, 0.1) is 11.1 Å². The fourth-order valence-corrected chi connectivity index (χ4v) is 1.96. The van der Waals surface area contributed by atoms with Crippen molar-refractivity contribution in [2.45, 2.75) is 19.6 Å². The van der Waals surface area contributed by atoms with Crippen molar-refractivity contribution in [1.82, 2.24) is 4.90 Å². The zero-order chi connectivity index (χ0) is 12.6. The van der Waals surface area contributed by atoms with Crippen LogP contribution in [0.2, 0.25) is 19.6 Å². The van der Waals surface area contributed by atoms with Crippen LogP contribution in [-0.4, -0.2) is 24.8 Å². The van der Waals surface area contributed by atoms with Gasteiger partial charge in [0.2, 0.25) is 0 Å². The molecule has 0 saturated carbocycles. The lowest BCUT2D eigenvalue weighted by molar-refractivity contribution is 0.0735. The van der Waals surface area contributed by atoms with Crippen LogP contribution in [0.25, 0.3) is 0 Å². The van der Waals surface area contributed by atoms with Crippen LogP contribution in [0, 0.1) is 11.6 Å². The third-order valence-corrected chi connectivity index (χ3v) is 3.20. The molecule has 1 aromatic rings. The summed E-state index contributed by atoms with van der Waals surface area (Å²) in [7, 11) is -1.59. The van der Waals surface area contributed by atoms with E-state index in [9.17, 15) is 9.59 Å². The molecule has 0 unspecified atom stereocenters. The summed E-state index contributed by atoms with van der Waals surface area (Å²) in [5.74, 6) is -0.618. The number of nitrogens with zero attached hydrogens (tertiary/aromatic N) is 1. The lowest BCUT2D eigenvalue weighted by Gasteiger charge is -2.07. The minimum absolute atomic E-state index is 0.309. The molecule has 0 atom stereocenters. The second kappa shape index (κ2) is 3.86. The van der Waals surface area contributed by atoms with E-state index in [1.54, 1.807) is 24.3 Å². The summed E-state index contributed by atoms with van der Waals surface area (Å²) in [5.41, 5.74) is 3.93. The van der Waals surface area contributed by atoms with Gasteiger partial charge in [0.1, 0.15) is 8.07 Å².